The maximum absolute atomic E-state index is 13.6. The Balaban J connectivity index is 1.46. The molecule has 1 N–H and O–H groups in total. The molecule has 0 radical (unpaired) electrons. The number of nitrogens with zero attached hydrogens (tertiary/aromatic N) is 3. The van der Waals surface area contributed by atoms with E-state index in [4.69, 9.17) is 0 Å². The molecular formula is C24H26N4O. The van der Waals surface area contributed by atoms with Gasteiger partial charge in [-0.05, 0) is 54.5 Å². The van der Waals surface area contributed by atoms with E-state index < -0.39 is 0 Å². The van der Waals surface area contributed by atoms with Gasteiger partial charge >= 0.3 is 0 Å². The van der Waals surface area contributed by atoms with Crippen molar-refractivity contribution >= 4 is 28.3 Å². The van der Waals surface area contributed by atoms with E-state index in [2.05, 4.69) is 50.5 Å². The highest BCUT2D eigenvalue weighted by molar-refractivity contribution is 6.11. The first-order chi connectivity index (χ1) is 14.1. The van der Waals surface area contributed by atoms with Crippen molar-refractivity contribution in [3.63, 3.8) is 0 Å². The standard InChI is InChI=1S/C24H26N4O/c1-15-13-21(27-24(25-2)26-15)28-12-4-6-18(14-28)23(29)20-11-10-17-9-8-16-5-3-7-19(20)22(16)17/h3,5,7,10-11,13,18H,4,6,8-9,12,14H2,1-2H3,(H,25,26,27)/t18-/m1/s1. The minimum atomic E-state index is -0.00415. The number of ketones is 1. The summed E-state index contributed by atoms with van der Waals surface area (Å²) < 4.78 is 0. The van der Waals surface area contributed by atoms with Gasteiger partial charge in [0.25, 0.3) is 0 Å². The number of aryl methyl sites for hydroxylation is 3. The molecule has 2 heterocycles. The van der Waals surface area contributed by atoms with Gasteiger partial charge in [0, 0.05) is 43.4 Å². The summed E-state index contributed by atoms with van der Waals surface area (Å²) in [5, 5.41) is 5.48. The van der Waals surface area contributed by atoms with E-state index in [1.165, 1.54) is 16.5 Å². The maximum Gasteiger partial charge on any atom is 0.224 e. The van der Waals surface area contributed by atoms with Gasteiger partial charge in [0.15, 0.2) is 5.78 Å². The van der Waals surface area contributed by atoms with E-state index in [0.29, 0.717) is 12.5 Å². The van der Waals surface area contributed by atoms with Crippen LogP contribution in [0.5, 0.6) is 0 Å². The van der Waals surface area contributed by atoms with Crippen molar-refractivity contribution in [3.05, 3.63) is 58.8 Å². The number of nitrogens with one attached hydrogen (secondary N) is 1. The summed E-state index contributed by atoms with van der Waals surface area (Å²) in [6, 6.07) is 12.6. The van der Waals surface area contributed by atoms with E-state index in [-0.39, 0.29) is 11.7 Å². The summed E-state index contributed by atoms with van der Waals surface area (Å²) in [6.07, 6.45) is 4.10. The van der Waals surface area contributed by atoms with Crippen molar-refractivity contribution in [2.24, 2.45) is 5.92 Å². The largest absolute Gasteiger partial charge is 0.357 e. The van der Waals surface area contributed by atoms with Crippen LogP contribution in [0.25, 0.3) is 10.8 Å². The molecule has 5 rings (SSSR count). The highest BCUT2D eigenvalue weighted by Crippen LogP contribution is 2.35. The molecule has 148 valence electrons. The Labute approximate surface area is 171 Å². The molecule has 1 saturated heterocycles. The van der Waals surface area contributed by atoms with Gasteiger partial charge in [-0.15, -0.1) is 0 Å². The number of aromatic nitrogens is 2. The number of anilines is 2. The fraction of sp³-hybridized carbons (Fsp3) is 0.375. The Morgan fingerprint density at radius 2 is 1.97 bits per heavy atom. The van der Waals surface area contributed by atoms with Crippen LogP contribution in [0.15, 0.2) is 36.4 Å². The predicted octanol–water partition coefficient (Wildman–Crippen LogP) is 4.18. The third-order valence-corrected chi connectivity index (χ3v) is 6.32. The number of benzene rings is 2. The molecule has 0 bridgehead atoms. The van der Waals surface area contributed by atoms with Crippen LogP contribution < -0.4 is 10.2 Å². The fourth-order valence-corrected chi connectivity index (χ4v) is 4.91. The van der Waals surface area contributed by atoms with Crippen molar-refractivity contribution in [1.29, 1.82) is 0 Å². The topological polar surface area (TPSA) is 58.1 Å². The van der Waals surface area contributed by atoms with Crippen molar-refractivity contribution in [2.45, 2.75) is 32.6 Å². The van der Waals surface area contributed by atoms with Crippen LogP contribution in [0.1, 0.15) is 40.0 Å². The van der Waals surface area contributed by atoms with Crippen LogP contribution in [0, 0.1) is 12.8 Å². The lowest BCUT2D eigenvalue weighted by Crippen LogP contribution is -2.39. The van der Waals surface area contributed by atoms with E-state index >= 15 is 0 Å². The maximum atomic E-state index is 13.6. The molecule has 29 heavy (non-hydrogen) atoms. The van der Waals surface area contributed by atoms with Crippen LogP contribution in [0.4, 0.5) is 11.8 Å². The number of piperidine rings is 1. The quantitative estimate of drug-likeness (QED) is 0.682. The summed E-state index contributed by atoms with van der Waals surface area (Å²) >= 11 is 0. The Hall–Kier alpha value is -2.95. The minimum Gasteiger partial charge on any atom is -0.357 e. The van der Waals surface area contributed by atoms with Gasteiger partial charge in [-0.25, -0.2) is 4.98 Å². The Kier molecular flexibility index (Phi) is 4.46. The summed E-state index contributed by atoms with van der Waals surface area (Å²) in [5.41, 5.74) is 4.58. The second kappa shape index (κ2) is 7.14. The molecular weight excluding hydrogens is 360 g/mol. The number of Topliss-reactive ketones (excluding diaryl/α,β-unsaturated/α-hetero) is 1. The Bertz CT molecular complexity index is 1100. The molecule has 5 nitrogen and oxygen atoms in total. The molecule has 1 atom stereocenters. The average Bonchev–Trinajstić information content (AvgIpc) is 3.18. The molecule has 1 aliphatic carbocycles. The van der Waals surface area contributed by atoms with Gasteiger partial charge < -0.3 is 10.2 Å². The first-order valence-corrected chi connectivity index (χ1v) is 10.5. The third kappa shape index (κ3) is 3.15. The van der Waals surface area contributed by atoms with Gasteiger partial charge in [-0.2, -0.15) is 4.98 Å². The molecule has 1 aromatic heterocycles. The molecule has 2 aromatic carbocycles. The van der Waals surface area contributed by atoms with Crippen molar-refractivity contribution in [3.8, 4) is 0 Å². The molecule has 2 aliphatic rings. The second-order valence-electron chi connectivity index (χ2n) is 8.20. The Morgan fingerprint density at radius 1 is 1.14 bits per heavy atom. The smallest absolute Gasteiger partial charge is 0.224 e. The van der Waals surface area contributed by atoms with Gasteiger partial charge in [0.05, 0.1) is 0 Å². The van der Waals surface area contributed by atoms with E-state index in [0.717, 1.165) is 54.7 Å². The lowest BCUT2D eigenvalue weighted by atomic mass is 9.87. The zero-order chi connectivity index (χ0) is 20.0. The molecule has 5 heteroatoms. The van der Waals surface area contributed by atoms with Gasteiger partial charge in [-0.1, -0.05) is 30.3 Å². The summed E-state index contributed by atoms with van der Waals surface area (Å²) in [5.74, 6) is 1.79. The number of hydrogen-bond donors (Lipinski definition) is 1. The SMILES string of the molecule is CNc1nc(C)cc(N2CCC[C@@H](C(=O)c3ccc4c5c(cccc35)CC4)C2)n1. The minimum absolute atomic E-state index is 0.00415. The van der Waals surface area contributed by atoms with Gasteiger partial charge in [0.1, 0.15) is 5.82 Å². The number of carbonyl (C=O) groups excluding carboxylic acids is 1. The molecule has 0 amide bonds. The van der Waals surface area contributed by atoms with E-state index in [1.807, 2.05) is 20.0 Å². The van der Waals surface area contributed by atoms with Gasteiger partial charge in [0.2, 0.25) is 5.95 Å². The molecule has 0 unspecified atom stereocenters. The second-order valence-corrected chi connectivity index (χ2v) is 8.20. The Morgan fingerprint density at radius 3 is 2.79 bits per heavy atom. The lowest BCUT2D eigenvalue weighted by Gasteiger charge is -2.33. The average molecular weight is 386 g/mol. The van der Waals surface area contributed by atoms with E-state index in [1.54, 1.807) is 0 Å². The third-order valence-electron chi connectivity index (χ3n) is 6.32. The van der Waals surface area contributed by atoms with Crippen LogP contribution in [-0.2, 0) is 12.8 Å². The number of rotatable bonds is 4. The zero-order valence-corrected chi connectivity index (χ0v) is 17.0. The van der Waals surface area contributed by atoms with Crippen molar-refractivity contribution < 1.29 is 4.79 Å². The number of hydrogen-bond acceptors (Lipinski definition) is 5. The normalized spacial score (nSPS) is 18.3. The van der Waals surface area contributed by atoms with Gasteiger partial charge in [-0.3, -0.25) is 4.79 Å². The first kappa shape index (κ1) is 18.1. The van der Waals surface area contributed by atoms with Crippen LogP contribution in [-0.4, -0.2) is 35.9 Å². The summed E-state index contributed by atoms with van der Waals surface area (Å²) in [6.45, 7) is 3.61. The van der Waals surface area contributed by atoms with Crippen LogP contribution in [0.3, 0.4) is 0 Å². The highest BCUT2D eigenvalue weighted by Gasteiger charge is 2.29. The molecule has 0 saturated carbocycles. The fourth-order valence-electron chi connectivity index (χ4n) is 4.91. The summed E-state index contributed by atoms with van der Waals surface area (Å²) in [4.78, 5) is 24.8. The predicted molar refractivity (Wildman–Crippen MR) is 117 cm³/mol. The summed E-state index contributed by atoms with van der Waals surface area (Å²) in [7, 11) is 1.83. The van der Waals surface area contributed by atoms with Crippen LogP contribution >= 0.6 is 0 Å². The first-order valence-electron chi connectivity index (χ1n) is 10.5. The zero-order valence-electron chi connectivity index (χ0n) is 17.0. The molecule has 1 aliphatic heterocycles. The molecule has 0 spiro atoms. The highest BCUT2D eigenvalue weighted by atomic mass is 16.1. The van der Waals surface area contributed by atoms with Crippen molar-refractivity contribution in [2.75, 3.05) is 30.4 Å². The number of carbonyl (C=O) groups is 1. The molecule has 3 aromatic rings. The van der Waals surface area contributed by atoms with Crippen LogP contribution in [0.2, 0.25) is 0 Å². The monoisotopic (exact) mass is 386 g/mol. The molecule has 1 fully saturated rings. The van der Waals surface area contributed by atoms with E-state index in [9.17, 15) is 4.79 Å². The lowest BCUT2D eigenvalue weighted by molar-refractivity contribution is 0.0909. The van der Waals surface area contributed by atoms with Crippen molar-refractivity contribution in [1.82, 2.24) is 9.97 Å².